The van der Waals surface area contributed by atoms with Gasteiger partial charge < -0.3 is 20.5 Å². The Bertz CT molecular complexity index is 806. The molecule has 3 N–H and O–H groups in total. The van der Waals surface area contributed by atoms with E-state index in [-0.39, 0.29) is 13.0 Å². The third-order valence-corrected chi connectivity index (χ3v) is 4.07. The Morgan fingerprint density at radius 2 is 1.50 bits per heavy atom. The zero-order chi connectivity index (χ0) is 20.6. The quantitative estimate of drug-likeness (QED) is 0.649. The van der Waals surface area contributed by atoms with Gasteiger partial charge in [0.15, 0.2) is 0 Å². The minimum atomic E-state index is -1.47. The highest BCUT2D eigenvalue weighted by Crippen LogP contribution is 2.08. The van der Waals surface area contributed by atoms with Crippen molar-refractivity contribution in [2.24, 2.45) is 0 Å². The van der Waals surface area contributed by atoms with Crippen molar-refractivity contribution in [1.29, 1.82) is 0 Å². The molecule has 2 amide bonds. The molecule has 0 saturated heterocycles. The highest BCUT2D eigenvalue weighted by Gasteiger charge is 2.32. The normalized spacial score (nSPS) is 11.9. The second-order valence-corrected chi connectivity index (χ2v) is 6.87. The maximum atomic E-state index is 12.6. The van der Waals surface area contributed by atoms with Gasteiger partial charge in [-0.3, -0.25) is 4.79 Å². The average molecular weight is 384 g/mol. The summed E-state index contributed by atoms with van der Waals surface area (Å²) in [6.45, 7) is 2.81. The Morgan fingerprint density at radius 1 is 0.964 bits per heavy atom. The minimum absolute atomic E-state index is 0.0625. The molecule has 1 atom stereocenters. The smallest absolute Gasteiger partial charge is 0.408 e. The number of hydrogen-bond donors (Lipinski definition) is 3. The highest BCUT2D eigenvalue weighted by atomic mass is 16.5. The van der Waals surface area contributed by atoms with E-state index in [1.807, 2.05) is 60.7 Å². The zero-order valence-corrected chi connectivity index (χ0v) is 15.8. The number of carbonyl (C=O) groups is 3. The first-order valence-electron chi connectivity index (χ1n) is 8.84. The molecule has 2 rings (SSSR count). The van der Waals surface area contributed by atoms with E-state index in [0.29, 0.717) is 0 Å². The van der Waals surface area contributed by atoms with Crippen LogP contribution in [0.1, 0.15) is 25.0 Å². The van der Waals surface area contributed by atoms with Crippen LogP contribution in [0.2, 0.25) is 0 Å². The van der Waals surface area contributed by atoms with Crippen LogP contribution in [0.25, 0.3) is 0 Å². The SMILES string of the molecule is CC(C)(NC(=O)[C@H](Cc1ccccc1)NC(=O)OCc1ccccc1)C(=O)O. The van der Waals surface area contributed by atoms with Crippen molar-refractivity contribution < 1.29 is 24.2 Å². The predicted molar refractivity (Wildman–Crippen MR) is 104 cm³/mol. The Hall–Kier alpha value is -3.35. The fraction of sp³-hybridized carbons (Fsp3) is 0.286. The van der Waals surface area contributed by atoms with Gasteiger partial charge >= 0.3 is 12.1 Å². The van der Waals surface area contributed by atoms with Crippen LogP contribution in [0.5, 0.6) is 0 Å². The van der Waals surface area contributed by atoms with Crippen molar-refractivity contribution in [3.05, 3.63) is 71.8 Å². The van der Waals surface area contributed by atoms with Crippen LogP contribution in [0.15, 0.2) is 60.7 Å². The van der Waals surface area contributed by atoms with E-state index in [2.05, 4.69) is 10.6 Å². The maximum Gasteiger partial charge on any atom is 0.408 e. The summed E-state index contributed by atoms with van der Waals surface area (Å²) in [7, 11) is 0. The molecule has 0 bridgehead atoms. The Labute approximate surface area is 163 Å². The van der Waals surface area contributed by atoms with Gasteiger partial charge in [0.1, 0.15) is 18.2 Å². The van der Waals surface area contributed by atoms with Gasteiger partial charge in [0, 0.05) is 6.42 Å². The van der Waals surface area contributed by atoms with Crippen LogP contribution in [0.3, 0.4) is 0 Å². The van der Waals surface area contributed by atoms with Crippen molar-refractivity contribution in [3.8, 4) is 0 Å². The van der Waals surface area contributed by atoms with E-state index in [9.17, 15) is 19.5 Å². The Kier molecular flexibility index (Phi) is 7.14. The number of rotatable bonds is 8. The van der Waals surface area contributed by atoms with Crippen LogP contribution in [-0.2, 0) is 27.4 Å². The molecule has 148 valence electrons. The summed E-state index contributed by atoms with van der Waals surface area (Å²) in [5, 5.41) is 14.2. The zero-order valence-electron chi connectivity index (χ0n) is 15.8. The third-order valence-electron chi connectivity index (χ3n) is 4.07. The molecule has 0 aliphatic carbocycles. The summed E-state index contributed by atoms with van der Waals surface area (Å²) >= 11 is 0. The maximum absolute atomic E-state index is 12.6. The van der Waals surface area contributed by atoms with E-state index >= 15 is 0 Å². The summed E-state index contributed by atoms with van der Waals surface area (Å²) in [6, 6.07) is 17.3. The molecular formula is C21H24N2O5. The van der Waals surface area contributed by atoms with Gasteiger partial charge in [-0.05, 0) is 25.0 Å². The van der Waals surface area contributed by atoms with Crippen LogP contribution < -0.4 is 10.6 Å². The largest absolute Gasteiger partial charge is 0.480 e. The number of alkyl carbamates (subject to hydrolysis) is 1. The van der Waals surface area contributed by atoms with Crippen LogP contribution in [-0.4, -0.2) is 34.7 Å². The van der Waals surface area contributed by atoms with Crippen LogP contribution in [0.4, 0.5) is 4.79 Å². The number of hydrogen-bond acceptors (Lipinski definition) is 4. The molecule has 0 aromatic heterocycles. The molecular weight excluding hydrogens is 360 g/mol. The number of aliphatic carboxylic acids is 1. The van der Waals surface area contributed by atoms with Gasteiger partial charge in [-0.2, -0.15) is 0 Å². The van der Waals surface area contributed by atoms with E-state index < -0.39 is 29.6 Å². The monoisotopic (exact) mass is 384 g/mol. The summed E-state index contributed by atoms with van der Waals surface area (Å²) in [6.07, 6.45) is -0.559. The molecule has 0 aliphatic heterocycles. The molecule has 0 saturated carbocycles. The first kappa shape index (κ1) is 21.0. The topological polar surface area (TPSA) is 105 Å². The van der Waals surface area contributed by atoms with Gasteiger partial charge in [0.05, 0.1) is 0 Å². The Balaban J connectivity index is 2.05. The van der Waals surface area contributed by atoms with Crippen LogP contribution in [0, 0.1) is 0 Å². The van der Waals surface area contributed by atoms with E-state index in [1.54, 1.807) is 0 Å². The molecule has 7 nitrogen and oxygen atoms in total. The number of carboxylic acid groups (broad SMARTS) is 1. The number of amides is 2. The fourth-order valence-electron chi connectivity index (χ4n) is 2.41. The summed E-state index contributed by atoms with van der Waals surface area (Å²) < 4.78 is 5.18. The van der Waals surface area contributed by atoms with Crippen molar-refractivity contribution >= 4 is 18.0 Å². The minimum Gasteiger partial charge on any atom is -0.480 e. The van der Waals surface area contributed by atoms with Gasteiger partial charge in [-0.15, -0.1) is 0 Å². The number of benzene rings is 2. The van der Waals surface area contributed by atoms with Gasteiger partial charge in [0.25, 0.3) is 0 Å². The molecule has 0 unspecified atom stereocenters. The molecule has 0 fully saturated rings. The first-order chi connectivity index (χ1) is 13.3. The number of ether oxygens (including phenoxy) is 1. The molecule has 0 aliphatic rings. The number of carboxylic acids is 1. The second kappa shape index (κ2) is 9.55. The van der Waals surface area contributed by atoms with Crippen molar-refractivity contribution in [2.45, 2.75) is 38.5 Å². The molecule has 7 heteroatoms. The highest BCUT2D eigenvalue weighted by molar-refractivity contribution is 5.91. The van der Waals surface area contributed by atoms with E-state index in [4.69, 9.17) is 4.74 Å². The lowest BCUT2D eigenvalue weighted by Gasteiger charge is -2.25. The summed E-state index contributed by atoms with van der Waals surface area (Å²) in [4.78, 5) is 36.1. The van der Waals surface area contributed by atoms with Crippen molar-refractivity contribution in [3.63, 3.8) is 0 Å². The second-order valence-electron chi connectivity index (χ2n) is 6.87. The van der Waals surface area contributed by atoms with Crippen molar-refractivity contribution in [1.82, 2.24) is 10.6 Å². The average Bonchev–Trinajstić information content (AvgIpc) is 2.67. The lowest BCUT2D eigenvalue weighted by molar-refractivity contribution is -0.146. The summed E-state index contributed by atoms with van der Waals surface area (Å²) in [5.41, 5.74) is 0.162. The molecule has 2 aromatic rings. The lowest BCUT2D eigenvalue weighted by Crippen LogP contribution is -2.57. The van der Waals surface area contributed by atoms with Gasteiger partial charge in [-0.1, -0.05) is 60.7 Å². The first-order valence-corrected chi connectivity index (χ1v) is 8.84. The molecule has 2 aromatic carbocycles. The van der Waals surface area contributed by atoms with Crippen molar-refractivity contribution in [2.75, 3.05) is 0 Å². The fourth-order valence-corrected chi connectivity index (χ4v) is 2.41. The predicted octanol–water partition coefficient (Wildman–Crippen LogP) is 2.50. The summed E-state index contributed by atoms with van der Waals surface area (Å²) in [5.74, 6) is -1.78. The molecule has 28 heavy (non-hydrogen) atoms. The standard InChI is InChI=1S/C21H24N2O5/c1-21(2,19(25)26)23-18(24)17(13-15-9-5-3-6-10-15)22-20(27)28-14-16-11-7-4-8-12-16/h3-12,17H,13-14H2,1-2H3,(H,22,27)(H,23,24)(H,25,26)/t17-/m0/s1. The Morgan fingerprint density at radius 3 is 2.04 bits per heavy atom. The van der Waals surface area contributed by atoms with Gasteiger partial charge in [-0.25, -0.2) is 9.59 Å². The molecule has 0 heterocycles. The molecule has 0 radical (unpaired) electrons. The van der Waals surface area contributed by atoms with Gasteiger partial charge in [0.2, 0.25) is 5.91 Å². The van der Waals surface area contributed by atoms with Crippen LogP contribution >= 0.6 is 0 Å². The van der Waals surface area contributed by atoms with E-state index in [1.165, 1.54) is 13.8 Å². The third kappa shape index (κ3) is 6.42. The molecule has 0 spiro atoms. The number of nitrogens with one attached hydrogen (secondary N) is 2. The number of carbonyl (C=O) groups excluding carboxylic acids is 2. The van der Waals surface area contributed by atoms with E-state index in [0.717, 1.165) is 11.1 Å². The lowest BCUT2D eigenvalue weighted by atomic mass is 10.0.